The van der Waals surface area contributed by atoms with Crippen LogP contribution in [-0.2, 0) is 5.41 Å². The summed E-state index contributed by atoms with van der Waals surface area (Å²) in [5, 5.41) is 10.5. The highest BCUT2D eigenvalue weighted by atomic mass is 16.3. The van der Waals surface area contributed by atoms with Crippen LogP contribution in [0.1, 0.15) is 102 Å². The maximum atomic E-state index is 10.5. The molecule has 0 spiro atoms. The summed E-state index contributed by atoms with van der Waals surface area (Å²) in [5.41, 5.74) is 3.63. The normalized spacial score (nSPS) is 12.9. The fraction of sp³-hybridized carbons (Fsp3) is 0.538. The van der Waals surface area contributed by atoms with Crippen LogP contribution in [0, 0.1) is 0 Å². The Balaban J connectivity index is 2.29. The van der Waals surface area contributed by atoms with Gasteiger partial charge in [-0.15, -0.1) is 0 Å². The minimum atomic E-state index is -0.212. The molecule has 2 rings (SSSR count). The van der Waals surface area contributed by atoms with E-state index in [0.717, 1.165) is 5.56 Å². The van der Waals surface area contributed by atoms with Crippen LogP contribution < -0.4 is 0 Å². The lowest BCUT2D eigenvalue weighted by molar-refractivity contribution is 0.450. The van der Waals surface area contributed by atoms with Crippen molar-refractivity contribution in [2.75, 3.05) is 0 Å². The van der Waals surface area contributed by atoms with Gasteiger partial charge in [-0.25, -0.2) is 0 Å². The topological polar surface area (TPSA) is 20.2 Å². The zero-order valence-corrected chi connectivity index (χ0v) is 17.8. The van der Waals surface area contributed by atoms with Crippen molar-refractivity contribution in [2.45, 2.75) is 90.4 Å². The highest BCUT2D eigenvalue weighted by Crippen LogP contribution is 2.41. The Morgan fingerprint density at radius 2 is 1.37 bits per heavy atom. The van der Waals surface area contributed by atoms with E-state index >= 15 is 0 Å². The van der Waals surface area contributed by atoms with Crippen LogP contribution in [0.3, 0.4) is 0 Å². The third-order valence-corrected chi connectivity index (χ3v) is 5.94. The molecule has 0 aliphatic heterocycles. The van der Waals surface area contributed by atoms with Gasteiger partial charge in [-0.3, -0.25) is 0 Å². The lowest BCUT2D eigenvalue weighted by atomic mass is 9.72. The standard InChI is InChI=1S/C26H38O/c1-5-7-8-9-10-16-21(15-6-2)22-17-11-12-18-23(22)26(3,4)24-19-13-14-20-25(24)27/h11-14,17-21,27H,5-10,15-16H2,1-4H3. The highest BCUT2D eigenvalue weighted by Gasteiger charge is 2.29. The van der Waals surface area contributed by atoms with E-state index in [0.29, 0.717) is 11.7 Å². The molecular formula is C26H38O. The Morgan fingerprint density at radius 1 is 0.741 bits per heavy atom. The Kier molecular flexibility index (Phi) is 8.41. The summed E-state index contributed by atoms with van der Waals surface area (Å²) < 4.78 is 0. The number of unbranched alkanes of at least 4 members (excludes halogenated alkanes) is 4. The van der Waals surface area contributed by atoms with Crippen LogP contribution in [0.5, 0.6) is 5.75 Å². The molecule has 148 valence electrons. The van der Waals surface area contributed by atoms with Crippen LogP contribution in [0.4, 0.5) is 0 Å². The average molecular weight is 367 g/mol. The second-order valence-corrected chi connectivity index (χ2v) is 8.42. The third-order valence-electron chi connectivity index (χ3n) is 5.94. The molecule has 0 saturated carbocycles. The fourth-order valence-electron chi connectivity index (χ4n) is 4.37. The van der Waals surface area contributed by atoms with Crippen molar-refractivity contribution < 1.29 is 5.11 Å². The number of phenolic OH excluding ortho intramolecular Hbond substituents is 1. The number of hydrogen-bond donors (Lipinski definition) is 1. The van der Waals surface area contributed by atoms with E-state index in [4.69, 9.17) is 0 Å². The molecule has 1 atom stereocenters. The highest BCUT2D eigenvalue weighted by molar-refractivity contribution is 5.48. The van der Waals surface area contributed by atoms with Gasteiger partial charge < -0.3 is 5.11 Å². The zero-order chi connectivity index (χ0) is 19.7. The van der Waals surface area contributed by atoms with Gasteiger partial charge >= 0.3 is 0 Å². The number of phenols is 1. The second-order valence-electron chi connectivity index (χ2n) is 8.42. The van der Waals surface area contributed by atoms with Crippen LogP contribution in [0.25, 0.3) is 0 Å². The minimum Gasteiger partial charge on any atom is -0.508 e. The molecule has 1 N–H and O–H groups in total. The molecule has 1 heteroatoms. The Labute approximate surface area is 166 Å². The SMILES string of the molecule is CCCCCCCC(CCC)c1ccccc1C(C)(C)c1ccccc1O. The first-order valence-corrected chi connectivity index (χ1v) is 10.9. The van der Waals surface area contributed by atoms with Gasteiger partial charge in [0.25, 0.3) is 0 Å². The van der Waals surface area contributed by atoms with Gasteiger partial charge in [-0.2, -0.15) is 0 Å². The molecule has 0 heterocycles. The van der Waals surface area contributed by atoms with Gasteiger partial charge in [-0.05, 0) is 36.0 Å². The Bertz CT molecular complexity index is 686. The van der Waals surface area contributed by atoms with Crippen LogP contribution in [-0.4, -0.2) is 5.11 Å². The summed E-state index contributed by atoms with van der Waals surface area (Å²) in [5.74, 6) is 1.00. The van der Waals surface area contributed by atoms with Crippen LogP contribution >= 0.6 is 0 Å². The van der Waals surface area contributed by atoms with Crippen molar-refractivity contribution in [1.29, 1.82) is 0 Å². The summed E-state index contributed by atoms with van der Waals surface area (Å²) in [4.78, 5) is 0. The molecule has 27 heavy (non-hydrogen) atoms. The molecule has 0 saturated heterocycles. The second kappa shape index (κ2) is 10.5. The van der Waals surface area contributed by atoms with E-state index in [9.17, 15) is 5.11 Å². The van der Waals surface area contributed by atoms with E-state index < -0.39 is 0 Å². The smallest absolute Gasteiger partial charge is 0.119 e. The molecule has 0 bridgehead atoms. The maximum absolute atomic E-state index is 10.5. The molecule has 1 nitrogen and oxygen atoms in total. The molecule has 2 aromatic carbocycles. The molecule has 0 fully saturated rings. The monoisotopic (exact) mass is 366 g/mol. The minimum absolute atomic E-state index is 0.212. The van der Waals surface area contributed by atoms with E-state index in [1.165, 1.54) is 62.5 Å². The first kappa shape index (κ1) is 21.5. The first-order chi connectivity index (χ1) is 13.0. The summed E-state index contributed by atoms with van der Waals surface area (Å²) in [6.45, 7) is 9.05. The number of hydrogen-bond acceptors (Lipinski definition) is 1. The van der Waals surface area contributed by atoms with Crippen molar-refractivity contribution >= 4 is 0 Å². The van der Waals surface area contributed by atoms with Gasteiger partial charge in [0.15, 0.2) is 0 Å². The van der Waals surface area contributed by atoms with Crippen molar-refractivity contribution in [1.82, 2.24) is 0 Å². The molecule has 0 aliphatic carbocycles. The van der Waals surface area contributed by atoms with Gasteiger partial charge in [0.05, 0.1) is 0 Å². The van der Waals surface area contributed by atoms with Crippen molar-refractivity contribution in [3.63, 3.8) is 0 Å². The largest absolute Gasteiger partial charge is 0.508 e. The summed E-state index contributed by atoms with van der Waals surface area (Å²) in [6, 6.07) is 16.7. The molecule has 0 aliphatic rings. The zero-order valence-electron chi connectivity index (χ0n) is 17.8. The number of para-hydroxylation sites is 1. The molecule has 0 radical (unpaired) electrons. The summed E-state index contributed by atoms with van der Waals surface area (Å²) in [6.07, 6.45) is 10.4. The third kappa shape index (κ3) is 5.61. The van der Waals surface area contributed by atoms with E-state index in [2.05, 4.69) is 58.0 Å². The molecule has 0 amide bonds. The van der Waals surface area contributed by atoms with Crippen molar-refractivity contribution in [3.05, 3.63) is 65.2 Å². The predicted octanol–water partition coefficient (Wildman–Crippen LogP) is 7.96. The Hall–Kier alpha value is -1.76. The van der Waals surface area contributed by atoms with Gasteiger partial charge in [-0.1, -0.05) is 109 Å². The molecule has 0 aromatic heterocycles. The van der Waals surface area contributed by atoms with Gasteiger partial charge in [0, 0.05) is 11.0 Å². The van der Waals surface area contributed by atoms with Crippen molar-refractivity contribution in [3.8, 4) is 5.75 Å². The molecule has 2 aromatic rings. The van der Waals surface area contributed by atoms with Gasteiger partial charge in [0.2, 0.25) is 0 Å². The predicted molar refractivity (Wildman–Crippen MR) is 118 cm³/mol. The van der Waals surface area contributed by atoms with E-state index in [1.807, 2.05) is 12.1 Å². The molecule has 1 unspecified atom stereocenters. The quantitative estimate of drug-likeness (QED) is 0.400. The number of rotatable bonds is 11. The summed E-state index contributed by atoms with van der Waals surface area (Å²) >= 11 is 0. The van der Waals surface area contributed by atoms with Crippen LogP contribution in [0.15, 0.2) is 48.5 Å². The van der Waals surface area contributed by atoms with Gasteiger partial charge in [0.1, 0.15) is 5.75 Å². The van der Waals surface area contributed by atoms with E-state index in [-0.39, 0.29) is 5.41 Å². The summed E-state index contributed by atoms with van der Waals surface area (Å²) in [7, 11) is 0. The Morgan fingerprint density at radius 3 is 2.04 bits per heavy atom. The lowest BCUT2D eigenvalue weighted by Crippen LogP contribution is -2.22. The molecular weight excluding hydrogens is 328 g/mol. The van der Waals surface area contributed by atoms with E-state index in [1.54, 1.807) is 6.07 Å². The average Bonchev–Trinajstić information content (AvgIpc) is 2.67. The first-order valence-electron chi connectivity index (χ1n) is 10.9. The lowest BCUT2D eigenvalue weighted by Gasteiger charge is -2.32. The fourth-order valence-corrected chi connectivity index (χ4v) is 4.37. The van der Waals surface area contributed by atoms with Crippen LogP contribution in [0.2, 0.25) is 0 Å². The number of aromatic hydroxyl groups is 1. The number of benzene rings is 2. The van der Waals surface area contributed by atoms with Crippen molar-refractivity contribution in [2.24, 2.45) is 0 Å². The maximum Gasteiger partial charge on any atom is 0.119 e.